The molecule has 2 aliphatic rings. The average molecular weight is 332 g/mol. The molecule has 0 radical (unpaired) electrons. The van der Waals surface area contributed by atoms with Gasteiger partial charge in [0, 0.05) is 11.7 Å². The van der Waals surface area contributed by atoms with E-state index >= 15 is 0 Å². The summed E-state index contributed by atoms with van der Waals surface area (Å²) in [5, 5.41) is 0. The van der Waals surface area contributed by atoms with Crippen molar-refractivity contribution in [2.24, 2.45) is 11.8 Å². The lowest BCUT2D eigenvalue weighted by molar-refractivity contribution is -0.137. The van der Waals surface area contributed by atoms with E-state index in [4.69, 9.17) is 4.74 Å². The van der Waals surface area contributed by atoms with Crippen LogP contribution in [0.15, 0.2) is 10.7 Å². The van der Waals surface area contributed by atoms with Gasteiger partial charge in [0.1, 0.15) is 10.7 Å². The van der Waals surface area contributed by atoms with Gasteiger partial charge in [-0.25, -0.2) is 4.79 Å². The molecule has 114 valence electrons. The molecule has 5 nitrogen and oxygen atoms in total. The van der Waals surface area contributed by atoms with Crippen molar-refractivity contribution in [3.63, 3.8) is 0 Å². The van der Waals surface area contributed by atoms with Crippen LogP contribution in [0.1, 0.15) is 13.3 Å². The van der Waals surface area contributed by atoms with Crippen LogP contribution in [0.2, 0.25) is 0 Å². The predicted octanol–water partition coefficient (Wildman–Crippen LogP) is 2.01. The number of fused-ring (bicyclic) bond motifs is 1. The lowest BCUT2D eigenvalue weighted by Crippen LogP contribution is -2.27. The first kappa shape index (κ1) is 15.5. The van der Waals surface area contributed by atoms with Crippen LogP contribution in [0.4, 0.5) is 13.2 Å². The molecule has 0 spiro atoms. The van der Waals surface area contributed by atoms with Gasteiger partial charge >= 0.3 is 21.6 Å². The van der Waals surface area contributed by atoms with Crippen molar-refractivity contribution in [2.45, 2.75) is 18.9 Å². The fourth-order valence-electron chi connectivity index (χ4n) is 1.80. The van der Waals surface area contributed by atoms with E-state index in [9.17, 15) is 26.4 Å². The minimum Gasteiger partial charge on any atom is -0.462 e. The summed E-state index contributed by atoms with van der Waals surface area (Å²) in [6, 6.07) is 0. The summed E-state index contributed by atoms with van der Waals surface area (Å²) < 4.78 is 68.1. The first-order chi connectivity index (χ1) is 9.17. The number of allylic oxidation sites excluding steroid dienone is 1. The highest BCUT2D eigenvalue weighted by Gasteiger charge is 2.54. The predicted molar refractivity (Wildman–Crippen MR) is 63.8 cm³/mol. The zero-order chi connectivity index (χ0) is 15.1. The van der Waals surface area contributed by atoms with Crippen LogP contribution in [-0.2, 0) is 23.8 Å². The van der Waals surface area contributed by atoms with E-state index < -0.39 is 33.3 Å². The van der Waals surface area contributed by atoms with Gasteiger partial charge in [-0.1, -0.05) is 0 Å². The molecule has 1 heterocycles. The van der Waals surface area contributed by atoms with Gasteiger partial charge in [0.05, 0.1) is 6.61 Å². The second-order valence-electron chi connectivity index (χ2n) is 4.31. The van der Waals surface area contributed by atoms with E-state index in [-0.39, 0.29) is 17.4 Å². The van der Waals surface area contributed by atoms with Crippen LogP contribution >= 0.6 is 11.8 Å². The molecule has 0 bridgehead atoms. The van der Waals surface area contributed by atoms with Crippen molar-refractivity contribution in [3.05, 3.63) is 10.7 Å². The largest absolute Gasteiger partial charge is 0.534 e. The van der Waals surface area contributed by atoms with Crippen LogP contribution in [0.5, 0.6) is 0 Å². The third-order valence-electron chi connectivity index (χ3n) is 2.87. The molecule has 2 unspecified atom stereocenters. The van der Waals surface area contributed by atoms with E-state index in [1.165, 1.54) is 0 Å². The Morgan fingerprint density at radius 1 is 1.45 bits per heavy atom. The number of thioether (sulfide) groups is 1. The third-order valence-corrected chi connectivity index (χ3v) is 5.09. The Morgan fingerprint density at radius 2 is 2.10 bits per heavy atom. The molecule has 0 aromatic rings. The Kier molecular flexibility index (Phi) is 3.98. The quantitative estimate of drug-likeness (QED) is 0.446. The molecule has 0 amide bonds. The van der Waals surface area contributed by atoms with Crippen LogP contribution in [-0.4, -0.2) is 32.3 Å². The van der Waals surface area contributed by atoms with Crippen molar-refractivity contribution >= 4 is 27.8 Å². The summed E-state index contributed by atoms with van der Waals surface area (Å²) in [5.41, 5.74) is -5.52. The van der Waals surface area contributed by atoms with Gasteiger partial charge in [-0.15, -0.1) is 11.8 Å². The van der Waals surface area contributed by atoms with Gasteiger partial charge in [0.2, 0.25) is 0 Å². The Bertz CT molecular complexity index is 552. The summed E-state index contributed by atoms with van der Waals surface area (Å²) in [5.74, 6) is -1.14. The first-order valence-corrected chi connectivity index (χ1v) is 8.11. The molecule has 2 rings (SSSR count). The van der Waals surface area contributed by atoms with Gasteiger partial charge in [-0.3, -0.25) is 0 Å². The number of ether oxygens (including phenoxy) is 1. The maximum Gasteiger partial charge on any atom is 0.534 e. The molecule has 0 saturated heterocycles. The number of carbonyl (C=O) groups excluding carboxylic acids is 1. The highest BCUT2D eigenvalue weighted by molar-refractivity contribution is 8.04. The molecule has 10 heteroatoms. The van der Waals surface area contributed by atoms with Crippen molar-refractivity contribution in [1.29, 1.82) is 0 Å². The lowest BCUT2D eigenvalue weighted by Gasteiger charge is -2.19. The molecule has 0 aromatic heterocycles. The summed E-state index contributed by atoms with van der Waals surface area (Å²) in [4.78, 5) is 11.5. The van der Waals surface area contributed by atoms with Gasteiger partial charge in [0.25, 0.3) is 0 Å². The number of hydrogen-bond donors (Lipinski definition) is 0. The summed E-state index contributed by atoms with van der Waals surface area (Å²) in [6.45, 7) is 1.58. The van der Waals surface area contributed by atoms with E-state index in [2.05, 4.69) is 4.18 Å². The molecule has 0 N–H and O–H groups in total. The monoisotopic (exact) mass is 332 g/mol. The highest BCUT2D eigenvalue weighted by Crippen LogP contribution is 2.54. The first-order valence-electron chi connectivity index (χ1n) is 5.72. The molecule has 1 fully saturated rings. The number of esters is 1. The van der Waals surface area contributed by atoms with Crippen molar-refractivity contribution in [3.8, 4) is 0 Å². The lowest BCUT2D eigenvalue weighted by atomic mass is 10.2. The number of hydrogen-bond acceptors (Lipinski definition) is 6. The topological polar surface area (TPSA) is 69.7 Å². The minimum atomic E-state index is -5.76. The van der Waals surface area contributed by atoms with E-state index in [0.29, 0.717) is 12.2 Å². The second kappa shape index (κ2) is 5.14. The van der Waals surface area contributed by atoms with Gasteiger partial charge in [0.15, 0.2) is 0 Å². The fourth-order valence-corrected chi connectivity index (χ4v) is 3.66. The van der Waals surface area contributed by atoms with E-state index in [1.807, 2.05) is 0 Å². The highest BCUT2D eigenvalue weighted by atomic mass is 32.2. The SMILES string of the molecule is CCOC(=O)C1=C(OS(=O)(=O)C(F)(F)F)C2CC2CS1. The van der Waals surface area contributed by atoms with Crippen molar-refractivity contribution < 1.29 is 35.3 Å². The third kappa shape index (κ3) is 2.90. The van der Waals surface area contributed by atoms with Crippen LogP contribution in [0, 0.1) is 11.8 Å². The fraction of sp³-hybridized carbons (Fsp3) is 0.700. The van der Waals surface area contributed by atoms with Crippen LogP contribution < -0.4 is 0 Å². The number of carbonyl (C=O) groups is 1. The second-order valence-corrected chi connectivity index (χ2v) is 6.88. The molecule has 20 heavy (non-hydrogen) atoms. The molecule has 0 aromatic carbocycles. The van der Waals surface area contributed by atoms with Gasteiger partial charge < -0.3 is 8.92 Å². The zero-order valence-electron chi connectivity index (χ0n) is 10.3. The standard InChI is InChI=1S/C10H11F3O5S2/c1-2-17-9(14)8-7(6-3-5(6)4-19-8)18-20(15,16)10(11,12)13/h5-6H,2-4H2,1H3. The molecule has 1 aliphatic carbocycles. The molecular weight excluding hydrogens is 321 g/mol. The van der Waals surface area contributed by atoms with Crippen molar-refractivity contribution in [1.82, 2.24) is 0 Å². The Labute approximate surface area is 117 Å². The molecule has 2 atom stereocenters. The Hall–Kier alpha value is -0.900. The van der Waals surface area contributed by atoms with Gasteiger partial charge in [-0.05, 0) is 19.3 Å². The molecule has 1 saturated carbocycles. The van der Waals surface area contributed by atoms with Crippen LogP contribution in [0.3, 0.4) is 0 Å². The maximum atomic E-state index is 12.3. The maximum absolute atomic E-state index is 12.3. The smallest absolute Gasteiger partial charge is 0.462 e. The molecule has 1 aliphatic heterocycles. The van der Waals surface area contributed by atoms with E-state index in [1.54, 1.807) is 6.92 Å². The average Bonchev–Trinajstić information content (AvgIpc) is 3.07. The van der Waals surface area contributed by atoms with Crippen LogP contribution in [0.25, 0.3) is 0 Å². The normalized spacial score (nSPS) is 26.0. The number of halogens is 3. The van der Waals surface area contributed by atoms with E-state index in [0.717, 1.165) is 11.8 Å². The number of alkyl halides is 3. The Morgan fingerprint density at radius 3 is 2.65 bits per heavy atom. The number of rotatable bonds is 4. The molecular formula is C10H11F3O5S2. The summed E-state index contributed by atoms with van der Waals surface area (Å²) in [7, 11) is -5.76. The summed E-state index contributed by atoms with van der Waals surface area (Å²) >= 11 is 0.969. The van der Waals surface area contributed by atoms with Gasteiger partial charge in [-0.2, -0.15) is 21.6 Å². The zero-order valence-corrected chi connectivity index (χ0v) is 11.9. The summed E-state index contributed by atoms with van der Waals surface area (Å²) in [6.07, 6.45) is 0.513. The van der Waals surface area contributed by atoms with Crippen molar-refractivity contribution in [2.75, 3.05) is 12.4 Å². The Balaban J connectivity index is 2.31. The minimum absolute atomic E-state index is 0.0380.